The Balaban J connectivity index is 1.79. The quantitative estimate of drug-likeness (QED) is 0.0278. The lowest BCUT2D eigenvalue weighted by Crippen LogP contribution is -2.60. The topological polar surface area (TPSA) is 558 Å². The highest BCUT2D eigenvalue weighted by Crippen LogP contribution is 2.23. The molecule has 3 fully saturated rings. The van der Waals surface area contributed by atoms with Gasteiger partial charge in [0.2, 0.25) is 65.0 Å². The fourth-order valence-electron chi connectivity index (χ4n) is 10.1. The van der Waals surface area contributed by atoms with Crippen molar-refractivity contribution in [3.05, 3.63) is 0 Å². The molecule has 3 saturated heterocycles. The molecule has 0 aromatic rings. The van der Waals surface area contributed by atoms with Gasteiger partial charge < -0.3 is 94.0 Å². The van der Waals surface area contributed by atoms with E-state index in [4.69, 9.17) is 16.6 Å². The molecule has 0 aromatic heterocycles. The van der Waals surface area contributed by atoms with Crippen LogP contribution in [0.15, 0.2) is 0 Å². The van der Waals surface area contributed by atoms with Crippen molar-refractivity contribution in [2.24, 2.45) is 17.4 Å². The van der Waals surface area contributed by atoms with Crippen LogP contribution in [-0.4, -0.2) is 232 Å². The molecule has 0 aliphatic carbocycles. The van der Waals surface area contributed by atoms with Crippen molar-refractivity contribution in [1.82, 2.24) is 51.9 Å². The molecule has 0 radical (unpaired) electrons. The molecule has 3 heterocycles. The van der Waals surface area contributed by atoms with Crippen LogP contribution in [0.1, 0.15) is 130 Å². The largest absolute Gasteiger partial charge is 0.481 e. The zero-order chi connectivity index (χ0) is 65.6. The van der Waals surface area contributed by atoms with E-state index in [0.717, 1.165) is 9.80 Å². The number of aliphatic carboxylic acids is 6. The number of hydrogen-bond acceptors (Lipinski definition) is 18. The third-order valence-corrected chi connectivity index (χ3v) is 14.4. The summed E-state index contributed by atoms with van der Waals surface area (Å²) in [6.07, 6.45) is -5.87. The molecule has 11 amide bonds. The lowest BCUT2D eigenvalue weighted by Gasteiger charge is -2.31. The number of carboxylic acid groups (broad SMARTS) is 6. The van der Waals surface area contributed by atoms with Crippen LogP contribution in [0.5, 0.6) is 0 Å². The second-order valence-electron chi connectivity index (χ2n) is 21.7. The Kier molecular flexibility index (Phi) is 28.4. The SMILES string of the molecule is CC(C)C[C@H](NC(=O)[C@H](CCC(=O)O)NC(=O)[C@@H]1CCCN1C(=O)[C@@H](N)CCC(N)=O)C(=O)N[C@@H](C)C(=O)N1CCC[C@H]1C(=O)N[C@@H](CCC(=O)O)C(=O)N[C@@H](CC(=O)O)C(=O)N1CCC[C@H]1C(=O)N[C@@H](CCC(=O)O)C(=O)N[C@@H](CC(=O)O)C(=O)O. The number of carbonyl (C=O) groups is 17. The minimum absolute atomic E-state index is 0.0320. The van der Waals surface area contributed by atoms with Gasteiger partial charge in [-0.3, -0.25) is 76.7 Å². The van der Waals surface area contributed by atoms with Crippen molar-refractivity contribution in [2.75, 3.05) is 19.6 Å². The number of nitrogens with one attached hydrogen (secondary N) is 7. The highest BCUT2D eigenvalue weighted by molar-refractivity contribution is 6.00. The maximum atomic E-state index is 14.1. The first kappa shape index (κ1) is 72.2. The smallest absolute Gasteiger partial charge is 0.326 e. The van der Waals surface area contributed by atoms with Crippen LogP contribution in [0.2, 0.25) is 0 Å². The first-order valence-corrected chi connectivity index (χ1v) is 28.1. The zero-order valence-corrected chi connectivity index (χ0v) is 48.2. The van der Waals surface area contributed by atoms with Gasteiger partial charge in [0.25, 0.3) is 0 Å². The van der Waals surface area contributed by atoms with Crippen LogP contribution in [0, 0.1) is 5.92 Å². The third kappa shape index (κ3) is 23.0. The number of rotatable bonds is 36. The summed E-state index contributed by atoms with van der Waals surface area (Å²) >= 11 is 0. The Morgan fingerprint density at radius 3 is 1.11 bits per heavy atom. The molecule has 11 atom stereocenters. The molecule has 3 aliphatic rings. The van der Waals surface area contributed by atoms with Gasteiger partial charge in [0.05, 0.1) is 18.9 Å². The zero-order valence-electron chi connectivity index (χ0n) is 48.2. The van der Waals surface area contributed by atoms with E-state index in [0.29, 0.717) is 6.42 Å². The average molecular weight is 1240 g/mol. The lowest BCUT2D eigenvalue weighted by molar-refractivity contribution is -0.148. The van der Waals surface area contributed by atoms with Crippen molar-refractivity contribution in [1.29, 1.82) is 0 Å². The van der Waals surface area contributed by atoms with Gasteiger partial charge in [-0.15, -0.1) is 0 Å². The fourth-order valence-corrected chi connectivity index (χ4v) is 10.1. The summed E-state index contributed by atoms with van der Waals surface area (Å²) in [7, 11) is 0. The van der Waals surface area contributed by atoms with E-state index < -0.39 is 219 Å². The Morgan fingerprint density at radius 1 is 0.414 bits per heavy atom. The van der Waals surface area contributed by atoms with Gasteiger partial charge in [0.1, 0.15) is 60.4 Å². The van der Waals surface area contributed by atoms with Crippen molar-refractivity contribution in [2.45, 2.75) is 196 Å². The molecule has 0 saturated carbocycles. The predicted molar refractivity (Wildman–Crippen MR) is 292 cm³/mol. The molecule has 484 valence electrons. The van der Waals surface area contributed by atoms with E-state index in [2.05, 4.69) is 31.9 Å². The van der Waals surface area contributed by atoms with Gasteiger partial charge in [-0.1, -0.05) is 13.8 Å². The molecule has 35 nitrogen and oxygen atoms in total. The Bertz CT molecular complexity index is 2640. The summed E-state index contributed by atoms with van der Waals surface area (Å²) in [6.45, 7) is 4.45. The number of primary amides is 1. The van der Waals surface area contributed by atoms with Crippen molar-refractivity contribution in [3.8, 4) is 0 Å². The van der Waals surface area contributed by atoms with Gasteiger partial charge in [-0.25, -0.2) is 4.79 Å². The van der Waals surface area contributed by atoms with Gasteiger partial charge in [-0.05, 0) is 83.5 Å². The molecule has 3 aliphatic heterocycles. The molecule has 0 aromatic carbocycles. The Morgan fingerprint density at radius 2 is 0.759 bits per heavy atom. The second-order valence-corrected chi connectivity index (χ2v) is 21.7. The standard InChI is InChI=1S/C52H78N12O23/c1-24(2)21-30(59-42(76)27(11-15-37(66)67)56-47(81)34-8-5-19-63(34)50(84)26(53)10-14-36(54)65)45(79)55-25(3)49(83)62-18-4-7-33(62)46(80)57-28(12-16-38(68)69)43(77)60-31(22-40(72)73)51(85)64-20-6-9-35(64)48(82)58-29(13-17-39(70)71)44(78)61-32(52(86)87)23-41(74)75/h24-35H,4-23,53H2,1-3H3,(H2,54,65)(H,55,79)(H,56,81)(H,57,80)(H,58,82)(H,59,76)(H,60,77)(H,61,78)(H,66,67)(H,68,69)(H,70,71)(H,72,73)(H,74,75)(H,86,87)/t25-,26-,27-,28-,29-,30-,31-,32-,33-,34-,35-/m0/s1. The minimum atomic E-state index is -2.01. The van der Waals surface area contributed by atoms with Crippen LogP contribution in [-0.2, 0) is 81.5 Å². The van der Waals surface area contributed by atoms with Crippen molar-refractivity contribution >= 4 is 101 Å². The third-order valence-electron chi connectivity index (χ3n) is 14.4. The van der Waals surface area contributed by atoms with E-state index in [1.807, 2.05) is 5.32 Å². The molecule has 0 spiro atoms. The van der Waals surface area contributed by atoms with Crippen LogP contribution in [0.3, 0.4) is 0 Å². The number of carbonyl (C=O) groups excluding carboxylic acids is 11. The van der Waals surface area contributed by atoms with Gasteiger partial charge in [-0.2, -0.15) is 0 Å². The van der Waals surface area contributed by atoms with Crippen molar-refractivity contribution < 1.29 is 112 Å². The highest BCUT2D eigenvalue weighted by atomic mass is 16.4. The maximum absolute atomic E-state index is 14.1. The van der Waals surface area contributed by atoms with Gasteiger partial charge >= 0.3 is 35.8 Å². The van der Waals surface area contributed by atoms with E-state index in [1.165, 1.54) is 11.8 Å². The van der Waals surface area contributed by atoms with Crippen molar-refractivity contribution in [3.63, 3.8) is 0 Å². The summed E-state index contributed by atoms with van der Waals surface area (Å²) in [5.74, 6) is -20.4. The number of nitrogens with zero attached hydrogens (tertiary/aromatic N) is 3. The Hall–Kier alpha value is -9.05. The normalized spacial score (nSPS) is 19.1. The van der Waals surface area contributed by atoms with E-state index in [1.54, 1.807) is 13.8 Å². The van der Waals surface area contributed by atoms with Crippen LogP contribution >= 0.6 is 0 Å². The summed E-state index contributed by atoms with van der Waals surface area (Å²) < 4.78 is 0. The Labute approximate surface area is 497 Å². The average Bonchev–Trinajstić information content (AvgIpc) is 2.36. The summed E-state index contributed by atoms with van der Waals surface area (Å²) in [6, 6.07) is -17.2. The number of carboxylic acids is 6. The number of nitrogens with two attached hydrogens (primary N) is 2. The highest BCUT2D eigenvalue weighted by Gasteiger charge is 2.44. The molecule has 3 rings (SSSR count). The molecule has 87 heavy (non-hydrogen) atoms. The molecule has 17 N–H and O–H groups in total. The van der Waals surface area contributed by atoms with E-state index in [9.17, 15) is 107 Å². The molecule has 35 heteroatoms. The van der Waals surface area contributed by atoms with E-state index >= 15 is 0 Å². The summed E-state index contributed by atoms with van der Waals surface area (Å²) in [5, 5.41) is 72.8. The first-order chi connectivity index (χ1) is 40.7. The second kappa shape index (κ2) is 34.2. The van der Waals surface area contributed by atoms with Gasteiger partial charge in [0, 0.05) is 45.3 Å². The number of amides is 11. The van der Waals surface area contributed by atoms with Gasteiger partial charge in [0.15, 0.2) is 0 Å². The van der Waals surface area contributed by atoms with Crippen LogP contribution in [0.25, 0.3) is 0 Å². The number of likely N-dealkylation sites (tertiary alicyclic amines) is 3. The molecular formula is C52H78N12O23. The predicted octanol–water partition coefficient (Wildman–Crippen LogP) is -5.36. The summed E-state index contributed by atoms with van der Waals surface area (Å²) in [4.78, 5) is 222. The lowest BCUT2D eigenvalue weighted by atomic mass is 10.0. The monoisotopic (exact) mass is 1240 g/mol. The molecule has 0 unspecified atom stereocenters. The maximum Gasteiger partial charge on any atom is 0.326 e. The summed E-state index contributed by atoms with van der Waals surface area (Å²) in [5.41, 5.74) is 11.2. The van der Waals surface area contributed by atoms with Crippen LogP contribution in [0.4, 0.5) is 0 Å². The number of hydrogen-bond donors (Lipinski definition) is 15. The minimum Gasteiger partial charge on any atom is -0.481 e. The van der Waals surface area contributed by atoms with Crippen LogP contribution < -0.4 is 48.7 Å². The van der Waals surface area contributed by atoms with E-state index in [-0.39, 0.29) is 76.9 Å². The fraction of sp³-hybridized carbons (Fsp3) is 0.673. The first-order valence-electron chi connectivity index (χ1n) is 28.1. The molecular weight excluding hydrogens is 1160 g/mol. The molecule has 0 bridgehead atoms.